The van der Waals surface area contributed by atoms with Crippen molar-refractivity contribution >= 4 is 5.91 Å². The Labute approximate surface area is 73.2 Å². The van der Waals surface area contributed by atoms with Gasteiger partial charge in [-0.05, 0) is 26.3 Å². The average molecular weight is 168 g/mol. The maximum absolute atomic E-state index is 10.9. The lowest BCUT2D eigenvalue weighted by Crippen LogP contribution is -2.45. The molecule has 0 aromatic heterocycles. The molecule has 1 rings (SSSR count). The average Bonchev–Trinajstić information content (AvgIpc) is 2.03. The number of carbonyl (C=O) groups excluding carboxylic acids is 1. The van der Waals surface area contributed by atoms with Crippen LogP contribution in [0.5, 0.6) is 0 Å². The first-order valence-corrected chi connectivity index (χ1v) is 4.31. The quantitative estimate of drug-likeness (QED) is 0.611. The Morgan fingerprint density at radius 3 is 2.92 bits per heavy atom. The second-order valence-electron chi connectivity index (χ2n) is 3.40. The molecule has 1 saturated heterocycles. The van der Waals surface area contributed by atoms with Gasteiger partial charge in [0.25, 0.3) is 0 Å². The van der Waals surface area contributed by atoms with E-state index in [-0.39, 0.29) is 11.9 Å². The Kier molecular flexibility index (Phi) is 2.87. The topological polar surface area (TPSA) is 46.3 Å². The van der Waals surface area contributed by atoms with E-state index in [1.54, 1.807) is 0 Å². The summed E-state index contributed by atoms with van der Waals surface area (Å²) in [5, 5.41) is 0. The van der Waals surface area contributed by atoms with Gasteiger partial charge < -0.3 is 5.73 Å². The smallest absolute Gasteiger partial charge is 0.234 e. The Hall–Kier alpha value is -0.830. The van der Waals surface area contributed by atoms with Crippen LogP contribution in [0.4, 0.5) is 0 Å². The third-order valence-electron chi connectivity index (χ3n) is 2.36. The van der Waals surface area contributed by atoms with E-state index in [4.69, 9.17) is 5.73 Å². The van der Waals surface area contributed by atoms with Gasteiger partial charge in [-0.25, -0.2) is 0 Å². The van der Waals surface area contributed by atoms with Crippen LogP contribution in [0, 0.1) is 0 Å². The zero-order valence-corrected chi connectivity index (χ0v) is 7.55. The fourth-order valence-electron chi connectivity index (χ4n) is 1.49. The number of amides is 1. The highest BCUT2D eigenvalue weighted by Crippen LogP contribution is 2.15. The third-order valence-corrected chi connectivity index (χ3v) is 2.36. The summed E-state index contributed by atoms with van der Waals surface area (Å²) >= 11 is 0. The van der Waals surface area contributed by atoms with Gasteiger partial charge in [-0.1, -0.05) is 12.2 Å². The minimum absolute atomic E-state index is 0.151. The van der Waals surface area contributed by atoms with Gasteiger partial charge in [-0.3, -0.25) is 9.69 Å². The summed E-state index contributed by atoms with van der Waals surface area (Å²) in [7, 11) is 0. The highest BCUT2D eigenvalue weighted by molar-refractivity contribution is 5.79. The monoisotopic (exact) mass is 168 g/mol. The second-order valence-corrected chi connectivity index (χ2v) is 3.40. The van der Waals surface area contributed by atoms with Crippen molar-refractivity contribution in [1.29, 1.82) is 0 Å². The van der Waals surface area contributed by atoms with Crippen LogP contribution in [0.15, 0.2) is 12.2 Å². The molecule has 68 valence electrons. The Bertz CT molecular complexity index is 199. The Morgan fingerprint density at radius 1 is 1.75 bits per heavy atom. The fourth-order valence-corrected chi connectivity index (χ4v) is 1.49. The minimum atomic E-state index is -0.246. The van der Waals surface area contributed by atoms with Crippen molar-refractivity contribution < 1.29 is 4.79 Å². The van der Waals surface area contributed by atoms with Crippen LogP contribution in [0.2, 0.25) is 0 Å². The molecule has 0 radical (unpaired) electrons. The number of rotatable bonds is 2. The van der Waals surface area contributed by atoms with Crippen LogP contribution in [0.25, 0.3) is 0 Å². The van der Waals surface area contributed by atoms with Crippen LogP contribution in [0.1, 0.15) is 19.8 Å². The number of carbonyl (C=O) groups is 1. The standard InChI is InChI=1S/C9H16N2O/c1-7-4-3-5-11(6-7)8(2)9(10)12/h8H,1,3-6H2,2H3,(H2,10,12). The normalized spacial score (nSPS) is 22.2. The van der Waals surface area contributed by atoms with Crippen LogP contribution < -0.4 is 5.73 Å². The first kappa shape index (κ1) is 9.26. The van der Waals surface area contributed by atoms with Gasteiger partial charge in [0, 0.05) is 6.54 Å². The van der Waals surface area contributed by atoms with E-state index in [0.29, 0.717) is 0 Å². The van der Waals surface area contributed by atoms with Crippen LogP contribution in [-0.2, 0) is 4.79 Å². The second kappa shape index (κ2) is 3.72. The number of primary amides is 1. The van der Waals surface area contributed by atoms with Crippen molar-refractivity contribution in [2.24, 2.45) is 5.73 Å². The molecule has 0 spiro atoms. The van der Waals surface area contributed by atoms with Crippen molar-refractivity contribution in [1.82, 2.24) is 4.90 Å². The lowest BCUT2D eigenvalue weighted by molar-refractivity contribution is -0.122. The summed E-state index contributed by atoms with van der Waals surface area (Å²) in [6.45, 7) is 7.55. The van der Waals surface area contributed by atoms with Crippen molar-refractivity contribution in [3.8, 4) is 0 Å². The molecule has 12 heavy (non-hydrogen) atoms. The lowest BCUT2D eigenvalue weighted by atomic mass is 10.0. The van der Waals surface area contributed by atoms with Gasteiger partial charge in [0.1, 0.15) is 0 Å². The molecule has 1 atom stereocenters. The predicted octanol–water partition coefficient (Wildman–Crippen LogP) is 0.512. The number of nitrogens with zero attached hydrogens (tertiary/aromatic N) is 1. The van der Waals surface area contributed by atoms with Crippen LogP contribution in [0.3, 0.4) is 0 Å². The third kappa shape index (κ3) is 2.08. The van der Waals surface area contributed by atoms with Crippen LogP contribution in [-0.4, -0.2) is 29.9 Å². The molecule has 0 aliphatic carbocycles. The van der Waals surface area contributed by atoms with E-state index < -0.39 is 0 Å². The van der Waals surface area contributed by atoms with Crippen molar-refractivity contribution in [2.75, 3.05) is 13.1 Å². The summed E-state index contributed by atoms with van der Waals surface area (Å²) in [5.41, 5.74) is 6.41. The van der Waals surface area contributed by atoms with E-state index in [9.17, 15) is 4.79 Å². The van der Waals surface area contributed by atoms with Crippen molar-refractivity contribution in [3.63, 3.8) is 0 Å². The first-order valence-electron chi connectivity index (χ1n) is 4.31. The first-order chi connectivity index (χ1) is 5.61. The number of likely N-dealkylation sites (tertiary alicyclic amines) is 1. The predicted molar refractivity (Wildman–Crippen MR) is 48.6 cm³/mol. The molecule has 2 N–H and O–H groups in total. The molecule has 1 unspecified atom stereocenters. The highest BCUT2D eigenvalue weighted by atomic mass is 16.1. The molecule has 1 heterocycles. The molecule has 1 amide bonds. The molecule has 3 heteroatoms. The lowest BCUT2D eigenvalue weighted by Gasteiger charge is -2.31. The summed E-state index contributed by atoms with van der Waals surface area (Å²) in [5.74, 6) is -0.246. The summed E-state index contributed by atoms with van der Waals surface area (Å²) in [6.07, 6.45) is 2.18. The Morgan fingerprint density at radius 2 is 2.42 bits per heavy atom. The largest absolute Gasteiger partial charge is 0.368 e. The molecule has 0 aromatic rings. The minimum Gasteiger partial charge on any atom is -0.368 e. The molecular formula is C9H16N2O. The summed E-state index contributed by atoms with van der Waals surface area (Å²) in [4.78, 5) is 12.9. The van der Waals surface area contributed by atoms with Gasteiger partial charge in [-0.15, -0.1) is 0 Å². The number of piperidine rings is 1. The van der Waals surface area contributed by atoms with E-state index in [1.807, 2.05) is 6.92 Å². The Balaban J connectivity index is 2.51. The number of nitrogens with two attached hydrogens (primary N) is 1. The van der Waals surface area contributed by atoms with E-state index in [2.05, 4.69) is 11.5 Å². The number of hydrogen-bond acceptors (Lipinski definition) is 2. The van der Waals surface area contributed by atoms with E-state index in [0.717, 1.165) is 25.9 Å². The highest BCUT2D eigenvalue weighted by Gasteiger charge is 2.21. The van der Waals surface area contributed by atoms with Crippen molar-refractivity contribution in [3.05, 3.63) is 12.2 Å². The zero-order valence-electron chi connectivity index (χ0n) is 7.55. The molecule has 0 aromatic carbocycles. The molecule has 0 saturated carbocycles. The molecule has 1 aliphatic rings. The molecule has 0 bridgehead atoms. The van der Waals surface area contributed by atoms with Gasteiger partial charge >= 0.3 is 0 Å². The van der Waals surface area contributed by atoms with Crippen LogP contribution >= 0.6 is 0 Å². The van der Waals surface area contributed by atoms with Gasteiger partial charge in [0.15, 0.2) is 0 Å². The summed E-state index contributed by atoms with van der Waals surface area (Å²) < 4.78 is 0. The van der Waals surface area contributed by atoms with Crippen molar-refractivity contribution in [2.45, 2.75) is 25.8 Å². The van der Waals surface area contributed by atoms with Gasteiger partial charge in [-0.2, -0.15) is 0 Å². The van der Waals surface area contributed by atoms with E-state index in [1.165, 1.54) is 5.57 Å². The van der Waals surface area contributed by atoms with Gasteiger partial charge in [0.05, 0.1) is 6.04 Å². The maximum atomic E-state index is 10.9. The number of hydrogen-bond donors (Lipinski definition) is 1. The SMILES string of the molecule is C=C1CCCN(C(C)C(N)=O)C1. The van der Waals surface area contributed by atoms with Gasteiger partial charge in [0.2, 0.25) is 5.91 Å². The maximum Gasteiger partial charge on any atom is 0.234 e. The molecular weight excluding hydrogens is 152 g/mol. The summed E-state index contributed by atoms with van der Waals surface area (Å²) in [6, 6.07) is -0.151. The molecule has 1 fully saturated rings. The fraction of sp³-hybridized carbons (Fsp3) is 0.667. The van der Waals surface area contributed by atoms with E-state index >= 15 is 0 Å². The molecule has 1 aliphatic heterocycles. The zero-order chi connectivity index (χ0) is 9.14. The molecule has 3 nitrogen and oxygen atoms in total.